The molecule has 2 aliphatic heterocycles. The number of nitrogens with one attached hydrogen (secondary N) is 1. The van der Waals surface area contributed by atoms with Crippen molar-refractivity contribution in [2.75, 3.05) is 65.6 Å². The fraction of sp³-hybridized carbons (Fsp3) is 0.415. The summed E-state index contributed by atoms with van der Waals surface area (Å²) in [7, 11) is 0. The van der Waals surface area contributed by atoms with Gasteiger partial charge in [0.25, 0.3) is 0 Å². The van der Waals surface area contributed by atoms with Crippen LogP contribution in [0.2, 0.25) is 0 Å². The van der Waals surface area contributed by atoms with E-state index in [1.807, 2.05) is 6.07 Å². The van der Waals surface area contributed by atoms with E-state index in [4.69, 9.17) is 9.47 Å². The van der Waals surface area contributed by atoms with Crippen LogP contribution in [0.5, 0.6) is 11.5 Å². The number of ether oxygens (including phenoxy) is 2. The van der Waals surface area contributed by atoms with Gasteiger partial charge in [-0.3, -0.25) is 9.80 Å². The maximum absolute atomic E-state index is 9.57. The van der Waals surface area contributed by atoms with E-state index in [9.17, 15) is 5.11 Å². The Balaban J connectivity index is 0.000000185. The maximum Gasteiger partial charge on any atom is 0.122 e. The lowest BCUT2D eigenvalue weighted by atomic mass is 10.0. The fourth-order valence-electron chi connectivity index (χ4n) is 6.25. The third kappa shape index (κ3) is 11.8. The average molecular weight is 636 g/mol. The van der Waals surface area contributed by atoms with Crippen molar-refractivity contribution in [1.29, 1.82) is 0 Å². The lowest BCUT2D eigenvalue weighted by Gasteiger charge is -2.29. The highest BCUT2D eigenvalue weighted by Gasteiger charge is 2.17. The van der Waals surface area contributed by atoms with Crippen molar-refractivity contribution in [2.45, 2.75) is 45.6 Å². The Morgan fingerprint density at radius 3 is 1.53 bits per heavy atom. The molecule has 0 bridgehead atoms. The van der Waals surface area contributed by atoms with Crippen molar-refractivity contribution >= 4 is 0 Å². The third-order valence-corrected chi connectivity index (χ3v) is 9.00. The average Bonchev–Trinajstić information content (AvgIpc) is 3.09. The van der Waals surface area contributed by atoms with Gasteiger partial charge in [0.15, 0.2) is 0 Å². The van der Waals surface area contributed by atoms with E-state index in [-0.39, 0.29) is 6.10 Å². The Morgan fingerprint density at radius 2 is 1.06 bits per heavy atom. The van der Waals surface area contributed by atoms with Crippen molar-refractivity contribution in [3.05, 3.63) is 130 Å². The van der Waals surface area contributed by atoms with Gasteiger partial charge in [0.05, 0.1) is 6.10 Å². The number of rotatable bonds is 12. The van der Waals surface area contributed by atoms with Gasteiger partial charge < -0.3 is 19.9 Å². The Kier molecular flexibility index (Phi) is 13.7. The van der Waals surface area contributed by atoms with E-state index in [1.54, 1.807) is 0 Å². The number of nitrogens with zero attached hydrogens (tertiary/aromatic N) is 2. The number of piperidine rings is 1. The van der Waals surface area contributed by atoms with Crippen LogP contribution in [0.15, 0.2) is 97.1 Å². The standard InChI is InChI=1S/C21H27NO2.C20H26N2O/c1-17-7-8-21(19(15-17)16-18-5-3-2-4-6-18)24-14-13-22-11-9-20(23)10-12-22;1-17-7-8-20(23-14-13-22-11-9-21-10-12-22)19(15-17)16-18-5-3-2-4-6-18/h2-8,15,20,23H,9-14,16H2,1H3;2-8,15,21H,9-14,16H2,1H3. The highest BCUT2D eigenvalue weighted by Crippen LogP contribution is 2.25. The molecule has 2 saturated heterocycles. The number of hydrogen-bond acceptors (Lipinski definition) is 6. The summed E-state index contributed by atoms with van der Waals surface area (Å²) in [5.41, 5.74) is 7.69. The molecule has 6 heteroatoms. The first-order valence-electron chi connectivity index (χ1n) is 17.4. The molecule has 4 aromatic rings. The van der Waals surface area contributed by atoms with E-state index in [2.05, 4.69) is 120 Å². The van der Waals surface area contributed by atoms with Gasteiger partial charge in [0.2, 0.25) is 0 Å². The molecule has 0 amide bonds. The first-order valence-corrected chi connectivity index (χ1v) is 17.4. The number of benzene rings is 4. The summed E-state index contributed by atoms with van der Waals surface area (Å²) in [4.78, 5) is 4.83. The van der Waals surface area contributed by atoms with Gasteiger partial charge >= 0.3 is 0 Å². The second-order valence-electron chi connectivity index (χ2n) is 12.9. The Labute approximate surface area is 282 Å². The zero-order chi connectivity index (χ0) is 32.7. The van der Waals surface area contributed by atoms with Crippen LogP contribution in [0, 0.1) is 13.8 Å². The largest absolute Gasteiger partial charge is 0.492 e. The quantitative estimate of drug-likeness (QED) is 0.191. The molecule has 2 N–H and O–H groups in total. The first-order chi connectivity index (χ1) is 23.0. The third-order valence-electron chi connectivity index (χ3n) is 9.00. The summed E-state index contributed by atoms with van der Waals surface area (Å²) in [5.74, 6) is 2.01. The molecule has 47 heavy (non-hydrogen) atoms. The minimum Gasteiger partial charge on any atom is -0.492 e. The van der Waals surface area contributed by atoms with Gasteiger partial charge in [-0.05, 0) is 61.1 Å². The predicted octanol–water partition coefficient (Wildman–Crippen LogP) is 6.29. The number of hydrogen-bond donors (Lipinski definition) is 2. The lowest BCUT2D eigenvalue weighted by Crippen LogP contribution is -2.44. The number of aliphatic hydroxyl groups is 1. The van der Waals surface area contributed by atoms with E-state index >= 15 is 0 Å². The van der Waals surface area contributed by atoms with Gasteiger partial charge in [-0.2, -0.15) is 0 Å². The second-order valence-corrected chi connectivity index (χ2v) is 12.9. The minimum absolute atomic E-state index is 0.114. The summed E-state index contributed by atoms with van der Waals surface area (Å²) in [6, 6.07) is 34.0. The van der Waals surface area contributed by atoms with Crippen molar-refractivity contribution in [1.82, 2.24) is 15.1 Å². The number of likely N-dealkylation sites (tertiary alicyclic amines) is 1. The highest BCUT2D eigenvalue weighted by molar-refractivity contribution is 5.41. The summed E-state index contributed by atoms with van der Waals surface area (Å²) in [6.45, 7) is 14.0. The molecule has 0 aromatic heterocycles. The molecule has 4 aromatic carbocycles. The van der Waals surface area contributed by atoms with Crippen molar-refractivity contribution in [2.24, 2.45) is 0 Å². The maximum atomic E-state index is 9.57. The molecule has 0 aliphatic carbocycles. The molecule has 0 radical (unpaired) electrons. The van der Waals surface area contributed by atoms with E-state index in [0.29, 0.717) is 6.61 Å². The summed E-state index contributed by atoms with van der Waals surface area (Å²) in [5, 5.41) is 13.0. The van der Waals surface area contributed by atoms with Crippen LogP contribution in [0.1, 0.15) is 46.2 Å². The molecule has 0 atom stereocenters. The monoisotopic (exact) mass is 635 g/mol. The first kappa shape index (κ1) is 34.6. The number of aliphatic hydroxyl groups excluding tert-OH is 1. The molecule has 2 aliphatic rings. The van der Waals surface area contributed by atoms with Gasteiger partial charge in [0.1, 0.15) is 24.7 Å². The Morgan fingerprint density at radius 1 is 0.617 bits per heavy atom. The normalized spacial score (nSPS) is 15.9. The zero-order valence-electron chi connectivity index (χ0n) is 28.4. The molecular formula is C41H53N3O3. The molecular weight excluding hydrogens is 582 g/mol. The van der Waals surface area contributed by atoms with Crippen LogP contribution >= 0.6 is 0 Å². The lowest BCUT2D eigenvalue weighted by molar-refractivity contribution is 0.0754. The molecule has 2 heterocycles. The fourth-order valence-corrected chi connectivity index (χ4v) is 6.25. The molecule has 6 rings (SSSR count). The molecule has 250 valence electrons. The van der Waals surface area contributed by atoms with Crippen LogP contribution in [-0.2, 0) is 12.8 Å². The van der Waals surface area contributed by atoms with Gasteiger partial charge in [-0.15, -0.1) is 0 Å². The zero-order valence-corrected chi connectivity index (χ0v) is 28.4. The van der Waals surface area contributed by atoms with Crippen LogP contribution in [-0.4, -0.2) is 86.6 Å². The smallest absolute Gasteiger partial charge is 0.122 e. The van der Waals surface area contributed by atoms with Crippen molar-refractivity contribution < 1.29 is 14.6 Å². The number of aryl methyl sites for hydroxylation is 2. The van der Waals surface area contributed by atoms with E-state index in [1.165, 1.54) is 33.4 Å². The SMILES string of the molecule is Cc1ccc(OCCN2CCC(O)CC2)c(Cc2ccccc2)c1.Cc1ccc(OCCN2CCNCC2)c(Cc2ccccc2)c1. The van der Waals surface area contributed by atoms with Crippen molar-refractivity contribution in [3.8, 4) is 11.5 Å². The second kappa shape index (κ2) is 18.6. The Bertz CT molecular complexity index is 1470. The van der Waals surface area contributed by atoms with Crippen LogP contribution in [0.25, 0.3) is 0 Å². The van der Waals surface area contributed by atoms with Gasteiger partial charge in [-0.25, -0.2) is 0 Å². The minimum atomic E-state index is -0.114. The summed E-state index contributed by atoms with van der Waals surface area (Å²) >= 11 is 0. The van der Waals surface area contributed by atoms with Crippen LogP contribution < -0.4 is 14.8 Å². The van der Waals surface area contributed by atoms with Gasteiger partial charge in [0, 0.05) is 65.2 Å². The Hall–Kier alpha value is -3.68. The van der Waals surface area contributed by atoms with Crippen molar-refractivity contribution in [3.63, 3.8) is 0 Å². The molecule has 2 fully saturated rings. The molecule has 0 unspecified atom stereocenters. The topological polar surface area (TPSA) is 57.2 Å². The van der Waals surface area contributed by atoms with E-state index < -0.39 is 0 Å². The summed E-state index contributed by atoms with van der Waals surface area (Å²) in [6.07, 6.45) is 3.46. The molecule has 6 nitrogen and oxygen atoms in total. The van der Waals surface area contributed by atoms with Crippen LogP contribution in [0.3, 0.4) is 0 Å². The van der Waals surface area contributed by atoms with Gasteiger partial charge in [-0.1, -0.05) is 96.1 Å². The molecule has 0 spiro atoms. The summed E-state index contributed by atoms with van der Waals surface area (Å²) < 4.78 is 12.2. The van der Waals surface area contributed by atoms with Crippen LogP contribution in [0.4, 0.5) is 0 Å². The number of piperazine rings is 1. The molecule has 0 saturated carbocycles. The predicted molar refractivity (Wildman–Crippen MR) is 193 cm³/mol. The van der Waals surface area contributed by atoms with E-state index in [0.717, 1.165) is 96.1 Å². The highest BCUT2D eigenvalue weighted by atomic mass is 16.5.